The van der Waals surface area contributed by atoms with Crippen LogP contribution in [0.25, 0.3) is 62.0 Å². The van der Waals surface area contributed by atoms with Crippen LogP contribution in [0, 0.1) is 11.8 Å². The molecule has 2 heterocycles. The number of imidazole rings is 1. The van der Waals surface area contributed by atoms with E-state index < -0.39 is 0 Å². The van der Waals surface area contributed by atoms with Crippen molar-refractivity contribution in [3.8, 4) is 39.9 Å². The normalized spacial score (nSPS) is 16.7. The second-order valence-electron chi connectivity index (χ2n) is 12.3. The molecule has 232 valence electrons. The van der Waals surface area contributed by atoms with Gasteiger partial charge in [-0.05, 0) is 35.4 Å². The van der Waals surface area contributed by atoms with Crippen LogP contribution in [-0.4, -0.2) is 24.5 Å². The van der Waals surface area contributed by atoms with Crippen LogP contribution >= 0.6 is 0 Å². The third-order valence-electron chi connectivity index (χ3n) is 9.30. The van der Waals surface area contributed by atoms with Crippen molar-refractivity contribution in [2.24, 2.45) is 11.8 Å². The molecular formula is C44H31N5. The molecule has 0 amide bonds. The first-order chi connectivity index (χ1) is 24.3. The molecule has 2 aromatic heterocycles. The molecular weight excluding hydrogens is 599 g/mol. The lowest BCUT2D eigenvalue weighted by atomic mass is 9.73. The van der Waals surface area contributed by atoms with Gasteiger partial charge in [0.05, 0.1) is 11.0 Å². The van der Waals surface area contributed by atoms with E-state index in [1.165, 1.54) is 11.1 Å². The average molecular weight is 630 g/mol. The van der Waals surface area contributed by atoms with E-state index >= 15 is 0 Å². The highest BCUT2D eigenvalue weighted by atomic mass is 15.1. The largest absolute Gasteiger partial charge is 0.292 e. The molecule has 0 spiro atoms. The van der Waals surface area contributed by atoms with Gasteiger partial charge in [0.25, 0.3) is 0 Å². The fraction of sp³-hybridized carbons (Fsp3) is 0.0455. The smallest absolute Gasteiger partial charge is 0.164 e. The standard InChI is InChI=1S/C44H31N5/c1-4-14-31(15-5-1)41-46-42(32-16-6-2-7-17-32)48-43(47-41)38-29-28-35(36-20-10-11-21-37(36)38)30-24-26-33(27-25-30)44-45-39-22-12-13-23-40(39)49(44)34-18-8-3-9-19-34/h1-29,36-37H. The first-order valence-corrected chi connectivity index (χ1v) is 16.6. The maximum absolute atomic E-state index is 5.07. The summed E-state index contributed by atoms with van der Waals surface area (Å²) in [5.74, 6) is 3.19. The Labute approximate surface area is 285 Å². The van der Waals surface area contributed by atoms with Gasteiger partial charge >= 0.3 is 0 Å². The number of aromatic nitrogens is 5. The molecule has 0 bridgehead atoms. The van der Waals surface area contributed by atoms with Crippen molar-refractivity contribution in [2.45, 2.75) is 0 Å². The van der Waals surface area contributed by atoms with Gasteiger partial charge in [-0.2, -0.15) is 0 Å². The summed E-state index contributed by atoms with van der Waals surface area (Å²) in [6, 6.07) is 47.9. The van der Waals surface area contributed by atoms with Crippen LogP contribution < -0.4 is 0 Å². The third kappa shape index (κ3) is 5.31. The summed E-state index contributed by atoms with van der Waals surface area (Å²) >= 11 is 0. The van der Waals surface area contributed by atoms with Crippen LogP contribution in [0.15, 0.2) is 176 Å². The number of fused-ring (bicyclic) bond motifs is 2. The van der Waals surface area contributed by atoms with Crippen molar-refractivity contribution in [1.82, 2.24) is 24.5 Å². The van der Waals surface area contributed by atoms with E-state index in [1.807, 2.05) is 72.8 Å². The van der Waals surface area contributed by atoms with Gasteiger partial charge in [0.2, 0.25) is 0 Å². The van der Waals surface area contributed by atoms with E-state index in [9.17, 15) is 0 Å². The Morgan fingerprint density at radius 2 is 0.918 bits per heavy atom. The molecule has 7 aromatic rings. The molecule has 2 atom stereocenters. The van der Waals surface area contributed by atoms with E-state index in [0.717, 1.165) is 44.8 Å². The SMILES string of the molecule is C1=CC2C(c3ccc(-c4nc5ccccc5n4-c4ccccc4)cc3)=CC=C(c3nc(-c4ccccc4)nc(-c4ccccc4)n3)C2C=C1. The minimum absolute atomic E-state index is 0.0848. The highest BCUT2D eigenvalue weighted by Crippen LogP contribution is 2.44. The summed E-state index contributed by atoms with van der Waals surface area (Å²) < 4.78 is 2.24. The first-order valence-electron chi connectivity index (χ1n) is 16.6. The quantitative estimate of drug-likeness (QED) is 0.184. The molecule has 0 saturated carbocycles. The summed E-state index contributed by atoms with van der Waals surface area (Å²) in [6.07, 6.45) is 13.3. The van der Waals surface area contributed by atoms with Crippen LogP contribution in [-0.2, 0) is 0 Å². The van der Waals surface area contributed by atoms with Crippen LogP contribution in [0.5, 0.6) is 0 Å². The Morgan fingerprint density at radius 3 is 1.57 bits per heavy atom. The summed E-state index contributed by atoms with van der Waals surface area (Å²) in [7, 11) is 0. The van der Waals surface area contributed by atoms with E-state index in [2.05, 4.69) is 108 Å². The Bertz CT molecular complexity index is 2360. The van der Waals surface area contributed by atoms with Gasteiger partial charge in [0.15, 0.2) is 17.5 Å². The lowest BCUT2D eigenvalue weighted by Crippen LogP contribution is -2.20. The van der Waals surface area contributed by atoms with Crippen molar-refractivity contribution in [3.63, 3.8) is 0 Å². The molecule has 2 aliphatic rings. The highest BCUT2D eigenvalue weighted by Gasteiger charge is 2.31. The fourth-order valence-electron chi connectivity index (χ4n) is 6.92. The number of para-hydroxylation sites is 3. The predicted molar refractivity (Wildman–Crippen MR) is 198 cm³/mol. The van der Waals surface area contributed by atoms with Crippen molar-refractivity contribution in [1.29, 1.82) is 0 Å². The molecule has 5 heteroatoms. The van der Waals surface area contributed by atoms with Crippen molar-refractivity contribution < 1.29 is 0 Å². The molecule has 2 aliphatic carbocycles. The number of rotatable bonds is 6. The van der Waals surface area contributed by atoms with E-state index in [4.69, 9.17) is 19.9 Å². The Morgan fingerprint density at radius 1 is 0.408 bits per heavy atom. The lowest BCUT2D eigenvalue weighted by Gasteiger charge is -2.31. The van der Waals surface area contributed by atoms with Gasteiger partial charge < -0.3 is 0 Å². The van der Waals surface area contributed by atoms with Gasteiger partial charge in [0, 0.05) is 39.8 Å². The first kappa shape index (κ1) is 28.7. The summed E-state index contributed by atoms with van der Waals surface area (Å²) in [4.78, 5) is 20.1. The van der Waals surface area contributed by atoms with Crippen molar-refractivity contribution in [2.75, 3.05) is 0 Å². The second-order valence-corrected chi connectivity index (χ2v) is 12.3. The predicted octanol–water partition coefficient (Wildman–Crippen LogP) is 10.1. The van der Waals surface area contributed by atoms with Gasteiger partial charge in [-0.3, -0.25) is 4.57 Å². The second kappa shape index (κ2) is 12.3. The lowest BCUT2D eigenvalue weighted by molar-refractivity contribution is 0.688. The summed E-state index contributed by atoms with van der Waals surface area (Å²) in [6.45, 7) is 0. The minimum Gasteiger partial charge on any atom is -0.292 e. The molecule has 0 fully saturated rings. The van der Waals surface area contributed by atoms with Gasteiger partial charge in [-0.15, -0.1) is 0 Å². The molecule has 5 aromatic carbocycles. The maximum Gasteiger partial charge on any atom is 0.164 e. The number of allylic oxidation sites excluding steroid dienone is 8. The zero-order valence-electron chi connectivity index (χ0n) is 26.6. The van der Waals surface area contributed by atoms with Crippen molar-refractivity contribution >= 4 is 22.2 Å². The number of hydrogen-bond acceptors (Lipinski definition) is 4. The van der Waals surface area contributed by atoms with E-state index in [1.54, 1.807) is 0 Å². The van der Waals surface area contributed by atoms with Crippen LogP contribution in [0.1, 0.15) is 11.4 Å². The maximum atomic E-state index is 5.07. The Hall–Kier alpha value is -6.46. The molecule has 49 heavy (non-hydrogen) atoms. The summed E-state index contributed by atoms with van der Waals surface area (Å²) in [5.41, 5.74) is 9.68. The molecule has 9 rings (SSSR count). The van der Waals surface area contributed by atoms with Crippen LogP contribution in [0.4, 0.5) is 0 Å². The third-order valence-corrected chi connectivity index (χ3v) is 9.30. The van der Waals surface area contributed by atoms with E-state index in [-0.39, 0.29) is 11.8 Å². The molecule has 0 saturated heterocycles. The number of nitrogens with zero attached hydrogens (tertiary/aromatic N) is 5. The average Bonchev–Trinajstić information content (AvgIpc) is 3.58. The summed E-state index contributed by atoms with van der Waals surface area (Å²) in [5, 5.41) is 0. The monoisotopic (exact) mass is 629 g/mol. The van der Waals surface area contributed by atoms with Gasteiger partial charge in [-0.25, -0.2) is 19.9 Å². The highest BCUT2D eigenvalue weighted by molar-refractivity contribution is 5.85. The molecule has 0 aliphatic heterocycles. The Balaban J connectivity index is 1.12. The zero-order valence-corrected chi connectivity index (χ0v) is 26.6. The van der Waals surface area contributed by atoms with Crippen molar-refractivity contribution in [3.05, 3.63) is 187 Å². The number of hydrogen-bond donors (Lipinski definition) is 0. The van der Waals surface area contributed by atoms with Crippen LogP contribution in [0.3, 0.4) is 0 Å². The molecule has 5 nitrogen and oxygen atoms in total. The molecule has 2 unspecified atom stereocenters. The number of benzene rings is 5. The fourth-order valence-corrected chi connectivity index (χ4v) is 6.92. The van der Waals surface area contributed by atoms with E-state index in [0.29, 0.717) is 17.5 Å². The van der Waals surface area contributed by atoms with Crippen LogP contribution in [0.2, 0.25) is 0 Å². The van der Waals surface area contributed by atoms with Gasteiger partial charge in [0.1, 0.15) is 5.82 Å². The Kier molecular flexibility index (Phi) is 7.21. The molecule has 0 N–H and O–H groups in total. The zero-order chi connectivity index (χ0) is 32.6. The molecule has 0 radical (unpaired) electrons. The minimum atomic E-state index is 0.0848. The topological polar surface area (TPSA) is 56.5 Å². The van der Waals surface area contributed by atoms with Gasteiger partial charge in [-0.1, -0.05) is 152 Å².